The fourth-order valence-corrected chi connectivity index (χ4v) is 3.76. The van der Waals surface area contributed by atoms with Crippen LogP contribution < -0.4 is 5.32 Å². The normalized spacial score (nSPS) is 20.3. The summed E-state index contributed by atoms with van der Waals surface area (Å²) in [5, 5.41) is 11.8. The summed E-state index contributed by atoms with van der Waals surface area (Å²) in [5.41, 5.74) is 4.45. The van der Waals surface area contributed by atoms with E-state index in [2.05, 4.69) is 10.3 Å². The van der Waals surface area contributed by atoms with Crippen molar-refractivity contribution >= 4 is 29.2 Å². The van der Waals surface area contributed by atoms with Gasteiger partial charge in [0.25, 0.3) is 5.91 Å². The molecule has 128 valence electrons. The van der Waals surface area contributed by atoms with Gasteiger partial charge in [-0.1, -0.05) is 0 Å². The van der Waals surface area contributed by atoms with E-state index in [0.29, 0.717) is 16.8 Å². The van der Waals surface area contributed by atoms with Crippen molar-refractivity contribution in [2.24, 2.45) is 0 Å². The van der Waals surface area contributed by atoms with Crippen LogP contribution in [0.2, 0.25) is 0 Å². The fraction of sp³-hybridized carbons (Fsp3) is 0.263. The number of halogens is 1. The zero-order valence-corrected chi connectivity index (χ0v) is 13.4. The summed E-state index contributed by atoms with van der Waals surface area (Å²) < 4.78 is 13.3. The summed E-state index contributed by atoms with van der Waals surface area (Å²) in [6.07, 6.45) is 4.54. The van der Waals surface area contributed by atoms with E-state index < -0.39 is 11.8 Å². The Balaban J connectivity index is 1.70. The maximum absolute atomic E-state index is 13.3. The number of carbonyl (C=O) groups excluding carboxylic acids is 1. The molecule has 2 heterocycles. The van der Waals surface area contributed by atoms with Crippen molar-refractivity contribution in [1.29, 1.82) is 0 Å². The van der Waals surface area contributed by atoms with E-state index in [1.165, 1.54) is 12.1 Å². The van der Waals surface area contributed by atoms with Gasteiger partial charge in [-0.3, -0.25) is 9.59 Å². The number of H-pyrrole nitrogens is 1. The van der Waals surface area contributed by atoms with E-state index in [1.54, 1.807) is 12.1 Å². The maximum Gasteiger partial charge on any atom is 0.303 e. The number of aryl methyl sites for hydroxylation is 1. The predicted molar refractivity (Wildman–Crippen MR) is 91.6 cm³/mol. The Bertz CT molecular complexity index is 913. The smallest absolute Gasteiger partial charge is 0.303 e. The molecule has 1 aromatic heterocycles. The third-order valence-corrected chi connectivity index (χ3v) is 4.86. The highest BCUT2D eigenvalue weighted by Crippen LogP contribution is 2.37. The Kier molecular flexibility index (Phi) is 3.67. The van der Waals surface area contributed by atoms with Gasteiger partial charge in [0.1, 0.15) is 5.82 Å². The molecule has 4 rings (SSSR count). The third-order valence-electron chi connectivity index (χ3n) is 4.86. The van der Waals surface area contributed by atoms with Crippen molar-refractivity contribution in [2.45, 2.75) is 31.6 Å². The highest BCUT2D eigenvalue weighted by Gasteiger charge is 2.27. The predicted octanol–water partition coefficient (Wildman–Crippen LogP) is 3.54. The number of rotatable bonds is 3. The van der Waals surface area contributed by atoms with E-state index >= 15 is 0 Å². The van der Waals surface area contributed by atoms with Crippen molar-refractivity contribution in [2.75, 3.05) is 5.32 Å². The van der Waals surface area contributed by atoms with Crippen LogP contribution in [-0.2, 0) is 16.0 Å². The molecule has 2 aliphatic rings. The molecule has 1 aliphatic heterocycles. The average Bonchev–Trinajstić information content (AvgIpc) is 3.09. The Labute approximate surface area is 143 Å². The van der Waals surface area contributed by atoms with Crippen LogP contribution in [0.3, 0.4) is 0 Å². The lowest BCUT2D eigenvalue weighted by Gasteiger charge is -2.20. The number of anilines is 1. The molecule has 1 aliphatic carbocycles. The van der Waals surface area contributed by atoms with E-state index in [9.17, 15) is 14.0 Å². The SMILES string of the molecule is O=C(O)CC1CCCc2[nH]c(C=C3C(=O)Nc4cc(F)ccc43)cc21. The van der Waals surface area contributed by atoms with Crippen LogP contribution in [0.5, 0.6) is 0 Å². The van der Waals surface area contributed by atoms with E-state index in [0.717, 1.165) is 36.2 Å². The molecule has 0 radical (unpaired) electrons. The van der Waals surface area contributed by atoms with Gasteiger partial charge in [-0.2, -0.15) is 0 Å². The molecule has 1 unspecified atom stereocenters. The number of amides is 1. The number of hydrogen-bond acceptors (Lipinski definition) is 2. The lowest BCUT2D eigenvalue weighted by Crippen LogP contribution is -2.12. The molecule has 0 bridgehead atoms. The number of aromatic amines is 1. The van der Waals surface area contributed by atoms with Crippen molar-refractivity contribution in [3.63, 3.8) is 0 Å². The van der Waals surface area contributed by atoms with Gasteiger partial charge in [-0.15, -0.1) is 0 Å². The molecule has 1 aromatic carbocycles. The highest BCUT2D eigenvalue weighted by atomic mass is 19.1. The molecule has 0 fully saturated rings. The molecule has 25 heavy (non-hydrogen) atoms. The first-order chi connectivity index (χ1) is 12.0. The molecule has 0 saturated carbocycles. The lowest BCUT2D eigenvalue weighted by molar-refractivity contribution is -0.137. The van der Waals surface area contributed by atoms with E-state index in [4.69, 9.17) is 5.11 Å². The minimum Gasteiger partial charge on any atom is -0.481 e. The van der Waals surface area contributed by atoms with Crippen LogP contribution >= 0.6 is 0 Å². The minimum atomic E-state index is -0.801. The second-order valence-corrected chi connectivity index (χ2v) is 6.55. The number of nitrogens with one attached hydrogen (secondary N) is 2. The van der Waals surface area contributed by atoms with Gasteiger partial charge in [0, 0.05) is 17.0 Å². The lowest BCUT2D eigenvalue weighted by atomic mass is 9.85. The van der Waals surface area contributed by atoms with Crippen molar-refractivity contribution < 1.29 is 19.1 Å². The van der Waals surface area contributed by atoms with Crippen LogP contribution in [0, 0.1) is 5.82 Å². The molecule has 5 nitrogen and oxygen atoms in total. The zero-order valence-electron chi connectivity index (χ0n) is 13.4. The Hall–Kier alpha value is -2.89. The fourth-order valence-electron chi connectivity index (χ4n) is 3.76. The Morgan fingerprint density at radius 2 is 2.20 bits per heavy atom. The third kappa shape index (κ3) is 2.84. The standard InChI is InChI=1S/C19H17FN2O3/c20-11-4-5-13-15(19(25)22-17(13)7-11)9-12-8-14-10(6-18(23)24)2-1-3-16(14)21-12/h4-5,7-10,21H,1-3,6H2,(H,22,25)(H,23,24). The number of aliphatic carboxylic acids is 1. The number of fused-ring (bicyclic) bond motifs is 2. The van der Waals surface area contributed by atoms with E-state index in [1.807, 2.05) is 6.07 Å². The van der Waals surface area contributed by atoms with E-state index in [-0.39, 0.29) is 18.2 Å². The number of aromatic nitrogens is 1. The molecule has 3 N–H and O–H groups in total. The molecule has 2 aromatic rings. The molecule has 0 saturated heterocycles. The second-order valence-electron chi connectivity index (χ2n) is 6.55. The van der Waals surface area contributed by atoms with Gasteiger partial charge < -0.3 is 15.4 Å². The summed E-state index contributed by atoms with van der Waals surface area (Å²) in [6.45, 7) is 0. The Morgan fingerprint density at radius 1 is 1.36 bits per heavy atom. The van der Waals surface area contributed by atoms with Crippen LogP contribution in [0.4, 0.5) is 10.1 Å². The van der Waals surface area contributed by atoms with Crippen molar-refractivity contribution in [3.8, 4) is 0 Å². The van der Waals surface area contributed by atoms with Crippen molar-refractivity contribution in [1.82, 2.24) is 4.98 Å². The van der Waals surface area contributed by atoms with Gasteiger partial charge >= 0.3 is 5.97 Å². The molecular formula is C19H17FN2O3. The first-order valence-corrected chi connectivity index (χ1v) is 8.28. The maximum atomic E-state index is 13.3. The van der Waals surface area contributed by atoms with Gasteiger partial charge in [-0.05, 0) is 61.1 Å². The Morgan fingerprint density at radius 3 is 3.00 bits per heavy atom. The largest absolute Gasteiger partial charge is 0.481 e. The first-order valence-electron chi connectivity index (χ1n) is 8.28. The number of benzene rings is 1. The zero-order chi connectivity index (χ0) is 17.6. The van der Waals surface area contributed by atoms with Crippen LogP contribution in [0.1, 0.15) is 47.7 Å². The van der Waals surface area contributed by atoms with Gasteiger partial charge in [-0.25, -0.2) is 4.39 Å². The summed E-state index contributed by atoms with van der Waals surface area (Å²) in [5.74, 6) is -1.46. The van der Waals surface area contributed by atoms with Gasteiger partial charge in [0.15, 0.2) is 0 Å². The number of carboxylic acids is 1. The van der Waals surface area contributed by atoms with Gasteiger partial charge in [0.2, 0.25) is 0 Å². The molecule has 0 spiro atoms. The molecule has 1 atom stereocenters. The molecular weight excluding hydrogens is 323 g/mol. The summed E-state index contributed by atoms with van der Waals surface area (Å²) in [4.78, 5) is 26.6. The molecule has 1 amide bonds. The van der Waals surface area contributed by atoms with Gasteiger partial charge in [0.05, 0.1) is 17.7 Å². The summed E-state index contributed by atoms with van der Waals surface area (Å²) >= 11 is 0. The number of carboxylic acid groups (broad SMARTS) is 1. The first kappa shape index (κ1) is 15.6. The summed E-state index contributed by atoms with van der Waals surface area (Å²) in [6, 6.07) is 6.15. The monoisotopic (exact) mass is 340 g/mol. The number of carbonyl (C=O) groups is 2. The van der Waals surface area contributed by atoms with Crippen LogP contribution in [-0.4, -0.2) is 22.0 Å². The van der Waals surface area contributed by atoms with Crippen LogP contribution in [0.15, 0.2) is 24.3 Å². The topological polar surface area (TPSA) is 82.2 Å². The summed E-state index contributed by atoms with van der Waals surface area (Å²) in [7, 11) is 0. The van der Waals surface area contributed by atoms with Crippen molar-refractivity contribution in [3.05, 3.63) is 52.6 Å². The van der Waals surface area contributed by atoms with Crippen LogP contribution in [0.25, 0.3) is 11.6 Å². The number of hydrogen-bond donors (Lipinski definition) is 3. The quantitative estimate of drug-likeness (QED) is 0.748. The molecule has 6 heteroatoms. The highest BCUT2D eigenvalue weighted by molar-refractivity contribution is 6.34. The second kappa shape index (κ2) is 5.88. The average molecular weight is 340 g/mol. The minimum absolute atomic E-state index is 0.00318.